The van der Waals surface area contributed by atoms with Gasteiger partial charge in [-0.1, -0.05) is 0 Å². The highest BCUT2D eigenvalue weighted by Gasteiger charge is 2.36. The van der Waals surface area contributed by atoms with Crippen LogP contribution in [0.2, 0.25) is 0 Å². The number of aliphatic hydroxyl groups excluding tert-OH is 2. The van der Waals surface area contributed by atoms with E-state index in [0.717, 1.165) is 4.31 Å². The van der Waals surface area contributed by atoms with Gasteiger partial charge in [0.15, 0.2) is 0 Å². The van der Waals surface area contributed by atoms with Crippen molar-refractivity contribution in [1.82, 2.24) is 4.31 Å². The molecule has 0 saturated carbocycles. The van der Waals surface area contributed by atoms with E-state index in [2.05, 4.69) is 0 Å². The van der Waals surface area contributed by atoms with Gasteiger partial charge in [0.1, 0.15) is 0 Å². The summed E-state index contributed by atoms with van der Waals surface area (Å²) in [5, 5.41) is 26.8. The number of β-amino-alcohol motifs (C(OH)–C–C–N with tert-alkyl or cyclic N) is 2. The second-order valence-corrected chi connectivity index (χ2v) is 5.85. The molecule has 3 N–H and O–H groups in total. The first-order valence-corrected chi connectivity index (χ1v) is 6.49. The largest absolute Gasteiger partial charge is 0.481 e. The summed E-state index contributed by atoms with van der Waals surface area (Å²) in [5.74, 6) is -1.32. The van der Waals surface area contributed by atoms with E-state index < -0.39 is 28.2 Å². The number of nitrogens with zero attached hydrogens (tertiary/aromatic N) is 1. The van der Waals surface area contributed by atoms with Gasteiger partial charge in [-0.2, -0.15) is 4.31 Å². The van der Waals surface area contributed by atoms with E-state index in [0.29, 0.717) is 0 Å². The number of sulfonamides is 1. The van der Waals surface area contributed by atoms with Crippen LogP contribution in [0.1, 0.15) is 12.8 Å². The Bertz CT molecular complexity index is 344. The Morgan fingerprint density at radius 1 is 1.25 bits per heavy atom. The van der Waals surface area contributed by atoms with Gasteiger partial charge in [-0.15, -0.1) is 0 Å². The van der Waals surface area contributed by atoms with Crippen LogP contribution in [0.4, 0.5) is 0 Å². The maximum absolute atomic E-state index is 11.6. The summed E-state index contributed by atoms with van der Waals surface area (Å²) in [6.45, 7) is -0.257. The monoisotopic (exact) mass is 253 g/mol. The Kier molecular flexibility index (Phi) is 4.25. The molecule has 0 aromatic rings. The number of aliphatic hydroxyl groups is 2. The molecule has 0 spiro atoms. The highest BCUT2D eigenvalue weighted by atomic mass is 32.2. The third-order valence-corrected chi connectivity index (χ3v) is 4.30. The molecule has 1 saturated heterocycles. The minimum atomic E-state index is -3.57. The van der Waals surface area contributed by atoms with Crippen molar-refractivity contribution in [1.29, 1.82) is 0 Å². The lowest BCUT2D eigenvalue weighted by Crippen LogP contribution is -2.32. The first-order chi connectivity index (χ1) is 7.33. The third-order valence-electron chi connectivity index (χ3n) is 2.41. The Labute approximate surface area is 93.4 Å². The third kappa shape index (κ3) is 3.41. The first-order valence-electron chi connectivity index (χ1n) is 4.88. The molecule has 0 radical (unpaired) electrons. The Hall–Kier alpha value is -0.700. The Morgan fingerprint density at radius 3 is 2.19 bits per heavy atom. The molecule has 2 atom stereocenters. The van der Waals surface area contributed by atoms with E-state index in [-0.39, 0.29) is 31.7 Å². The van der Waals surface area contributed by atoms with Crippen LogP contribution in [0.3, 0.4) is 0 Å². The summed E-state index contributed by atoms with van der Waals surface area (Å²) in [4.78, 5) is 10.2. The lowest BCUT2D eigenvalue weighted by atomic mass is 10.3. The molecule has 0 aromatic carbocycles. The summed E-state index contributed by atoms with van der Waals surface area (Å²) in [7, 11) is -3.57. The van der Waals surface area contributed by atoms with E-state index in [9.17, 15) is 23.4 Å². The van der Waals surface area contributed by atoms with Gasteiger partial charge in [0, 0.05) is 19.5 Å². The number of hydrogen-bond donors (Lipinski definition) is 3. The fourth-order valence-corrected chi connectivity index (χ4v) is 3.02. The molecule has 0 amide bonds. The van der Waals surface area contributed by atoms with Gasteiger partial charge in [-0.05, 0) is 6.42 Å². The van der Waals surface area contributed by atoms with Gasteiger partial charge in [0.05, 0.1) is 18.0 Å². The zero-order valence-corrected chi connectivity index (χ0v) is 9.43. The van der Waals surface area contributed by atoms with Crippen molar-refractivity contribution in [2.75, 3.05) is 18.8 Å². The summed E-state index contributed by atoms with van der Waals surface area (Å²) >= 11 is 0. The van der Waals surface area contributed by atoms with Gasteiger partial charge in [0.25, 0.3) is 0 Å². The maximum Gasteiger partial charge on any atom is 0.303 e. The first kappa shape index (κ1) is 13.4. The van der Waals surface area contributed by atoms with Crippen LogP contribution >= 0.6 is 0 Å². The Morgan fingerprint density at radius 2 is 1.75 bits per heavy atom. The molecular weight excluding hydrogens is 238 g/mol. The number of rotatable bonds is 5. The van der Waals surface area contributed by atoms with Crippen molar-refractivity contribution in [3.8, 4) is 0 Å². The number of carboxylic acids is 1. The molecule has 0 unspecified atom stereocenters. The molecule has 0 bridgehead atoms. The molecule has 1 aliphatic rings. The summed E-state index contributed by atoms with van der Waals surface area (Å²) in [6, 6.07) is 0. The van der Waals surface area contributed by atoms with E-state index in [1.165, 1.54) is 0 Å². The zero-order chi connectivity index (χ0) is 12.3. The van der Waals surface area contributed by atoms with Crippen LogP contribution in [0.15, 0.2) is 0 Å². The normalized spacial score (nSPS) is 27.1. The van der Waals surface area contributed by atoms with Crippen LogP contribution < -0.4 is 0 Å². The van der Waals surface area contributed by atoms with Crippen LogP contribution in [0.5, 0.6) is 0 Å². The van der Waals surface area contributed by atoms with Crippen molar-refractivity contribution >= 4 is 16.0 Å². The second kappa shape index (κ2) is 5.09. The van der Waals surface area contributed by atoms with Crippen LogP contribution in [-0.4, -0.2) is 65.1 Å². The van der Waals surface area contributed by atoms with E-state index >= 15 is 0 Å². The van der Waals surface area contributed by atoms with E-state index in [4.69, 9.17) is 5.11 Å². The lowest BCUT2D eigenvalue weighted by Gasteiger charge is -2.14. The van der Waals surface area contributed by atoms with E-state index in [1.807, 2.05) is 0 Å². The molecular formula is C8H15NO6S. The fraction of sp³-hybridized carbons (Fsp3) is 0.875. The minimum absolute atomic E-state index is 0.0281. The van der Waals surface area contributed by atoms with Crippen LogP contribution in [0.25, 0.3) is 0 Å². The number of hydrogen-bond acceptors (Lipinski definition) is 5. The number of carboxylic acid groups (broad SMARTS) is 1. The number of carbonyl (C=O) groups is 1. The molecule has 8 heteroatoms. The van der Waals surface area contributed by atoms with Crippen molar-refractivity contribution in [2.24, 2.45) is 0 Å². The van der Waals surface area contributed by atoms with Gasteiger partial charge in [0.2, 0.25) is 10.0 Å². The molecule has 0 aliphatic carbocycles. The average Bonchev–Trinajstić information content (AvgIpc) is 2.46. The molecule has 0 aromatic heterocycles. The minimum Gasteiger partial charge on any atom is -0.481 e. The molecule has 7 nitrogen and oxygen atoms in total. The predicted molar refractivity (Wildman–Crippen MR) is 54.2 cm³/mol. The summed E-state index contributed by atoms with van der Waals surface area (Å²) in [5.41, 5.74) is 0. The average molecular weight is 253 g/mol. The highest BCUT2D eigenvalue weighted by molar-refractivity contribution is 7.89. The topological polar surface area (TPSA) is 115 Å². The smallest absolute Gasteiger partial charge is 0.303 e. The van der Waals surface area contributed by atoms with Crippen molar-refractivity contribution in [2.45, 2.75) is 25.0 Å². The summed E-state index contributed by atoms with van der Waals surface area (Å²) in [6.07, 6.45) is -2.30. The summed E-state index contributed by atoms with van der Waals surface area (Å²) < 4.78 is 24.2. The predicted octanol–water partition coefficient (Wildman–Crippen LogP) is -1.78. The molecule has 1 rings (SSSR count). The molecule has 1 aliphatic heterocycles. The van der Waals surface area contributed by atoms with Crippen LogP contribution in [-0.2, 0) is 14.8 Å². The molecule has 1 heterocycles. The second-order valence-electron chi connectivity index (χ2n) is 3.76. The fourth-order valence-electron chi connectivity index (χ4n) is 1.50. The Balaban J connectivity index is 2.49. The van der Waals surface area contributed by atoms with Gasteiger partial charge in [-0.3, -0.25) is 4.79 Å². The van der Waals surface area contributed by atoms with Crippen LogP contribution in [0, 0.1) is 0 Å². The highest BCUT2D eigenvalue weighted by Crippen LogP contribution is 2.15. The van der Waals surface area contributed by atoms with E-state index in [1.54, 1.807) is 0 Å². The van der Waals surface area contributed by atoms with Crippen molar-refractivity contribution in [3.63, 3.8) is 0 Å². The van der Waals surface area contributed by atoms with Gasteiger partial charge < -0.3 is 15.3 Å². The SMILES string of the molecule is O=C(O)CCCS(=O)(=O)N1C[C@@H](O)[C@@H](O)C1. The van der Waals surface area contributed by atoms with Gasteiger partial charge in [-0.25, -0.2) is 8.42 Å². The molecule has 94 valence electrons. The quantitative estimate of drug-likeness (QED) is 0.533. The van der Waals surface area contributed by atoms with Crippen molar-refractivity contribution in [3.05, 3.63) is 0 Å². The van der Waals surface area contributed by atoms with Crippen molar-refractivity contribution < 1.29 is 28.5 Å². The molecule has 16 heavy (non-hydrogen) atoms. The maximum atomic E-state index is 11.6. The van der Waals surface area contributed by atoms with Gasteiger partial charge >= 0.3 is 5.97 Å². The number of aliphatic carboxylic acids is 1. The lowest BCUT2D eigenvalue weighted by molar-refractivity contribution is -0.137. The zero-order valence-electron chi connectivity index (χ0n) is 8.61. The molecule has 1 fully saturated rings. The standard InChI is InChI=1S/C8H15NO6S/c10-6-4-9(5-7(6)11)16(14,15)3-1-2-8(12)13/h6-7,10-11H,1-5H2,(H,12,13)/t6-,7+.